The van der Waals surface area contributed by atoms with E-state index in [-0.39, 0.29) is 0 Å². The summed E-state index contributed by atoms with van der Waals surface area (Å²) in [6.45, 7) is 4.00. The SMILES string of the molecule is CC.c1cc(-c2cncs2)[nH]n1. The van der Waals surface area contributed by atoms with Crippen molar-refractivity contribution in [3.8, 4) is 10.6 Å². The lowest BCUT2D eigenvalue weighted by Gasteiger charge is -1.83. The molecule has 2 rings (SSSR count). The van der Waals surface area contributed by atoms with Crippen molar-refractivity contribution < 1.29 is 0 Å². The Balaban J connectivity index is 0.000000336. The van der Waals surface area contributed by atoms with Crippen molar-refractivity contribution in [1.82, 2.24) is 15.2 Å². The van der Waals surface area contributed by atoms with Crippen molar-refractivity contribution in [3.05, 3.63) is 24.0 Å². The Bertz CT molecular complexity index is 254. The quantitative estimate of drug-likeness (QED) is 0.734. The Morgan fingerprint density at radius 3 is 2.75 bits per heavy atom. The predicted octanol–water partition coefficient (Wildman–Crippen LogP) is 2.56. The first-order chi connectivity index (χ1) is 5.97. The minimum Gasteiger partial charge on any atom is -0.277 e. The number of nitrogens with zero attached hydrogens (tertiary/aromatic N) is 2. The standard InChI is InChI=1S/C6H5N3S.C2H6/c1-2-8-9-5(1)6-3-7-4-10-6;1-2/h1-4H,(H,8,9);1-2H3. The van der Waals surface area contributed by atoms with Crippen molar-refractivity contribution in [3.63, 3.8) is 0 Å². The molecule has 0 aliphatic heterocycles. The maximum absolute atomic E-state index is 3.95. The third-order valence-electron chi connectivity index (χ3n) is 1.20. The molecular formula is C8H11N3S. The molecule has 3 nitrogen and oxygen atoms in total. The summed E-state index contributed by atoms with van der Waals surface area (Å²) in [6, 6.07) is 1.92. The largest absolute Gasteiger partial charge is 0.277 e. The molecule has 12 heavy (non-hydrogen) atoms. The maximum atomic E-state index is 3.95. The number of nitrogens with one attached hydrogen (secondary N) is 1. The molecule has 2 aromatic rings. The molecule has 0 aliphatic rings. The third kappa shape index (κ3) is 1.92. The van der Waals surface area contributed by atoms with Crippen molar-refractivity contribution in [1.29, 1.82) is 0 Å². The lowest BCUT2D eigenvalue weighted by molar-refractivity contribution is 1.10. The van der Waals surface area contributed by atoms with E-state index in [0.29, 0.717) is 0 Å². The van der Waals surface area contributed by atoms with Gasteiger partial charge in [-0.3, -0.25) is 10.1 Å². The van der Waals surface area contributed by atoms with Crippen LogP contribution in [0.4, 0.5) is 0 Å². The van der Waals surface area contributed by atoms with Crippen LogP contribution in [0.2, 0.25) is 0 Å². The van der Waals surface area contributed by atoms with Gasteiger partial charge in [0.15, 0.2) is 0 Å². The van der Waals surface area contributed by atoms with Crippen molar-refractivity contribution in [2.45, 2.75) is 13.8 Å². The van der Waals surface area contributed by atoms with Gasteiger partial charge in [-0.1, -0.05) is 13.8 Å². The van der Waals surface area contributed by atoms with Crippen molar-refractivity contribution in [2.75, 3.05) is 0 Å². The molecule has 2 heterocycles. The van der Waals surface area contributed by atoms with Crippen LogP contribution >= 0.6 is 11.3 Å². The zero-order chi connectivity index (χ0) is 8.81. The normalized spacial score (nSPS) is 8.83. The first kappa shape index (κ1) is 8.93. The first-order valence-corrected chi connectivity index (χ1v) is 4.73. The highest BCUT2D eigenvalue weighted by Crippen LogP contribution is 2.19. The minimum absolute atomic E-state index is 1.03. The van der Waals surface area contributed by atoms with E-state index in [2.05, 4.69) is 15.2 Å². The van der Waals surface area contributed by atoms with E-state index in [1.54, 1.807) is 23.0 Å². The monoisotopic (exact) mass is 181 g/mol. The molecular weight excluding hydrogens is 170 g/mol. The number of rotatable bonds is 1. The Hall–Kier alpha value is -1.16. The van der Waals surface area contributed by atoms with Gasteiger partial charge < -0.3 is 0 Å². The molecule has 0 amide bonds. The van der Waals surface area contributed by atoms with E-state index in [1.165, 1.54) is 0 Å². The second kappa shape index (κ2) is 4.66. The van der Waals surface area contributed by atoms with Gasteiger partial charge >= 0.3 is 0 Å². The van der Waals surface area contributed by atoms with E-state index in [0.717, 1.165) is 10.6 Å². The summed E-state index contributed by atoms with van der Waals surface area (Å²) in [7, 11) is 0. The second-order valence-corrected chi connectivity index (χ2v) is 2.72. The Kier molecular flexibility index (Phi) is 3.47. The number of hydrogen-bond donors (Lipinski definition) is 1. The van der Waals surface area contributed by atoms with Crippen LogP contribution in [0.1, 0.15) is 13.8 Å². The molecule has 0 spiro atoms. The van der Waals surface area contributed by atoms with Crippen LogP contribution in [0.5, 0.6) is 0 Å². The lowest BCUT2D eigenvalue weighted by atomic mass is 10.4. The van der Waals surface area contributed by atoms with Gasteiger partial charge in [0.05, 0.1) is 16.1 Å². The highest BCUT2D eigenvalue weighted by molar-refractivity contribution is 7.13. The van der Waals surface area contributed by atoms with Crippen LogP contribution in [0.25, 0.3) is 10.6 Å². The molecule has 4 heteroatoms. The van der Waals surface area contributed by atoms with Gasteiger partial charge in [-0.2, -0.15) is 5.10 Å². The average Bonchev–Trinajstić information content (AvgIpc) is 2.80. The van der Waals surface area contributed by atoms with Crippen LogP contribution in [0, 0.1) is 0 Å². The average molecular weight is 181 g/mol. The van der Waals surface area contributed by atoms with Gasteiger partial charge in [-0.15, -0.1) is 11.3 Å². The number of aromatic nitrogens is 3. The van der Waals surface area contributed by atoms with Gasteiger partial charge in [0, 0.05) is 12.4 Å². The Labute approximate surface area is 75.5 Å². The molecule has 2 aromatic heterocycles. The Morgan fingerprint density at radius 1 is 1.42 bits per heavy atom. The summed E-state index contributed by atoms with van der Waals surface area (Å²) in [4.78, 5) is 5.07. The van der Waals surface area contributed by atoms with Gasteiger partial charge in [0.25, 0.3) is 0 Å². The van der Waals surface area contributed by atoms with Gasteiger partial charge in [-0.05, 0) is 6.07 Å². The molecule has 64 valence electrons. The zero-order valence-electron chi connectivity index (χ0n) is 7.11. The first-order valence-electron chi connectivity index (χ1n) is 3.85. The van der Waals surface area contributed by atoms with E-state index < -0.39 is 0 Å². The minimum atomic E-state index is 1.03. The number of aromatic amines is 1. The van der Waals surface area contributed by atoms with Crippen LogP contribution < -0.4 is 0 Å². The summed E-state index contributed by atoms with van der Waals surface area (Å²) in [5, 5.41) is 6.69. The summed E-state index contributed by atoms with van der Waals surface area (Å²) in [6.07, 6.45) is 3.55. The van der Waals surface area contributed by atoms with E-state index in [1.807, 2.05) is 26.1 Å². The molecule has 1 N–H and O–H groups in total. The number of thiazole rings is 1. The number of hydrogen-bond acceptors (Lipinski definition) is 3. The van der Waals surface area contributed by atoms with Crippen LogP contribution in [0.3, 0.4) is 0 Å². The fourth-order valence-corrected chi connectivity index (χ4v) is 1.34. The van der Waals surface area contributed by atoms with Gasteiger partial charge in [0.2, 0.25) is 0 Å². The maximum Gasteiger partial charge on any atom is 0.0798 e. The molecule has 0 aliphatic carbocycles. The van der Waals surface area contributed by atoms with E-state index >= 15 is 0 Å². The second-order valence-electron chi connectivity index (χ2n) is 1.84. The topological polar surface area (TPSA) is 41.6 Å². The van der Waals surface area contributed by atoms with E-state index in [9.17, 15) is 0 Å². The molecule has 0 bridgehead atoms. The molecule has 0 radical (unpaired) electrons. The van der Waals surface area contributed by atoms with Gasteiger partial charge in [0.1, 0.15) is 0 Å². The van der Waals surface area contributed by atoms with Gasteiger partial charge in [-0.25, -0.2) is 0 Å². The van der Waals surface area contributed by atoms with Crippen molar-refractivity contribution >= 4 is 11.3 Å². The molecule has 0 aromatic carbocycles. The lowest BCUT2D eigenvalue weighted by Crippen LogP contribution is -1.69. The highest BCUT2D eigenvalue weighted by Gasteiger charge is 1.97. The fourth-order valence-electron chi connectivity index (χ4n) is 0.742. The summed E-state index contributed by atoms with van der Waals surface area (Å²) in [5.41, 5.74) is 2.83. The van der Waals surface area contributed by atoms with Crippen LogP contribution in [-0.2, 0) is 0 Å². The van der Waals surface area contributed by atoms with Crippen LogP contribution in [0.15, 0.2) is 24.0 Å². The summed E-state index contributed by atoms with van der Waals surface area (Å²) >= 11 is 1.60. The highest BCUT2D eigenvalue weighted by atomic mass is 32.1. The van der Waals surface area contributed by atoms with E-state index in [4.69, 9.17) is 0 Å². The molecule has 0 atom stereocenters. The molecule has 0 fully saturated rings. The van der Waals surface area contributed by atoms with Crippen LogP contribution in [-0.4, -0.2) is 15.2 Å². The third-order valence-corrected chi connectivity index (χ3v) is 2.00. The molecule has 0 saturated heterocycles. The summed E-state index contributed by atoms with van der Waals surface area (Å²) < 4.78 is 0. The fraction of sp³-hybridized carbons (Fsp3) is 0.250. The van der Waals surface area contributed by atoms with Crippen molar-refractivity contribution in [2.24, 2.45) is 0 Å². The molecule has 0 saturated carbocycles. The predicted molar refractivity (Wildman–Crippen MR) is 51.0 cm³/mol. The Morgan fingerprint density at radius 2 is 2.25 bits per heavy atom. The summed E-state index contributed by atoms with van der Waals surface area (Å²) in [5.74, 6) is 0. The molecule has 0 unspecified atom stereocenters. The smallest absolute Gasteiger partial charge is 0.0798 e. The zero-order valence-corrected chi connectivity index (χ0v) is 7.93. The number of H-pyrrole nitrogens is 1.